The summed E-state index contributed by atoms with van der Waals surface area (Å²) in [6, 6.07) is 5.17. The average molecular weight is 248 g/mol. The van der Waals surface area contributed by atoms with E-state index in [9.17, 15) is 9.59 Å². The van der Waals surface area contributed by atoms with Crippen LogP contribution in [0.25, 0.3) is 0 Å². The highest BCUT2D eigenvalue weighted by atomic mass is 16.5. The molecule has 1 unspecified atom stereocenters. The van der Waals surface area contributed by atoms with E-state index >= 15 is 0 Å². The summed E-state index contributed by atoms with van der Waals surface area (Å²) in [6.45, 7) is 0. The lowest BCUT2D eigenvalue weighted by atomic mass is 9.95. The summed E-state index contributed by atoms with van der Waals surface area (Å²) in [4.78, 5) is 25.4. The molecule has 0 saturated carbocycles. The normalized spacial score (nSPS) is 18.2. The molecular formula is C13H16N2O3. The van der Waals surface area contributed by atoms with Crippen molar-refractivity contribution in [2.24, 2.45) is 0 Å². The molecule has 2 rings (SSSR count). The number of likely N-dealkylation sites (N-methyl/N-ethyl adjacent to an activating group) is 1. The molecule has 1 N–H and O–H groups in total. The van der Waals surface area contributed by atoms with Crippen LogP contribution in [-0.4, -0.2) is 44.0 Å². The van der Waals surface area contributed by atoms with Crippen molar-refractivity contribution in [3.05, 3.63) is 29.3 Å². The van der Waals surface area contributed by atoms with Crippen LogP contribution < -0.4 is 5.32 Å². The third-order valence-electron chi connectivity index (χ3n) is 3.14. The Hall–Kier alpha value is -1.88. The van der Waals surface area contributed by atoms with Gasteiger partial charge in [-0.25, -0.2) is 4.79 Å². The molecule has 1 aliphatic heterocycles. The molecule has 5 nitrogen and oxygen atoms in total. The number of ether oxygens (including phenoxy) is 1. The Morgan fingerprint density at radius 2 is 2.17 bits per heavy atom. The van der Waals surface area contributed by atoms with Gasteiger partial charge < -0.3 is 10.1 Å². The number of nitrogens with one attached hydrogen (secondary N) is 1. The van der Waals surface area contributed by atoms with Gasteiger partial charge in [-0.05, 0) is 32.1 Å². The lowest BCUT2D eigenvalue weighted by molar-refractivity contribution is -0.120. The van der Waals surface area contributed by atoms with Crippen LogP contribution in [0.15, 0.2) is 18.2 Å². The highest BCUT2D eigenvalue weighted by molar-refractivity contribution is 6.05. The lowest BCUT2D eigenvalue weighted by Gasteiger charge is -2.29. The van der Waals surface area contributed by atoms with Gasteiger partial charge in [0.1, 0.15) is 0 Å². The van der Waals surface area contributed by atoms with Crippen LogP contribution in [0.4, 0.5) is 5.69 Å². The van der Waals surface area contributed by atoms with Crippen LogP contribution in [-0.2, 0) is 16.0 Å². The zero-order valence-corrected chi connectivity index (χ0v) is 10.7. The van der Waals surface area contributed by atoms with Crippen LogP contribution in [0.2, 0.25) is 0 Å². The number of fused-ring (bicyclic) bond motifs is 1. The number of hydrogen-bond acceptors (Lipinski definition) is 4. The van der Waals surface area contributed by atoms with Gasteiger partial charge in [-0.3, -0.25) is 9.69 Å². The van der Waals surface area contributed by atoms with Gasteiger partial charge in [0.2, 0.25) is 5.91 Å². The molecule has 1 amide bonds. The monoisotopic (exact) mass is 248 g/mol. The highest BCUT2D eigenvalue weighted by Crippen LogP contribution is 2.28. The SMILES string of the molecule is COC(=O)c1cccc2c1NC(=O)C(N(C)C)C2. The van der Waals surface area contributed by atoms with E-state index < -0.39 is 5.97 Å². The number of nitrogens with zero attached hydrogens (tertiary/aromatic N) is 1. The second kappa shape index (κ2) is 4.78. The van der Waals surface area contributed by atoms with E-state index in [2.05, 4.69) is 5.32 Å². The molecule has 0 spiro atoms. The molecule has 5 heteroatoms. The number of rotatable bonds is 2. The van der Waals surface area contributed by atoms with Crippen LogP contribution in [0.5, 0.6) is 0 Å². The second-order valence-corrected chi connectivity index (χ2v) is 4.50. The number of carbonyl (C=O) groups is 2. The molecule has 0 bridgehead atoms. The van der Waals surface area contributed by atoms with E-state index in [0.717, 1.165) is 5.56 Å². The molecule has 0 radical (unpaired) electrons. The predicted molar refractivity (Wildman–Crippen MR) is 67.6 cm³/mol. The number of carbonyl (C=O) groups excluding carboxylic acids is 2. The molecule has 0 fully saturated rings. The molecule has 96 valence electrons. The smallest absolute Gasteiger partial charge is 0.339 e. The van der Waals surface area contributed by atoms with E-state index in [4.69, 9.17) is 4.74 Å². The fourth-order valence-electron chi connectivity index (χ4n) is 2.12. The van der Waals surface area contributed by atoms with Crippen molar-refractivity contribution in [3.63, 3.8) is 0 Å². The number of esters is 1. The van der Waals surface area contributed by atoms with E-state index in [1.807, 2.05) is 25.1 Å². The topological polar surface area (TPSA) is 58.6 Å². The van der Waals surface area contributed by atoms with E-state index in [1.165, 1.54) is 7.11 Å². The first-order chi connectivity index (χ1) is 8.54. The molecular weight excluding hydrogens is 232 g/mol. The minimum Gasteiger partial charge on any atom is -0.465 e. The van der Waals surface area contributed by atoms with Crippen LogP contribution in [0, 0.1) is 0 Å². The van der Waals surface area contributed by atoms with Gasteiger partial charge >= 0.3 is 5.97 Å². The molecule has 0 aliphatic carbocycles. The zero-order valence-electron chi connectivity index (χ0n) is 10.7. The zero-order chi connectivity index (χ0) is 13.3. The Bertz CT molecular complexity index is 497. The summed E-state index contributed by atoms with van der Waals surface area (Å²) in [6.07, 6.45) is 0.596. The Morgan fingerprint density at radius 3 is 2.78 bits per heavy atom. The fourth-order valence-corrected chi connectivity index (χ4v) is 2.12. The summed E-state index contributed by atoms with van der Waals surface area (Å²) in [5, 5.41) is 2.79. The van der Waals surface area contributed by atoms with Crippen LogP contribution in [0.3, 0.4) is 0 Å². The third kappa shape index (κ3) is 2.09. The van der Waals surface area contributed by atoms with E-state index in [-0.39, 0.29) is 11.9 Å². The van der Waals surface area contributed by atoms with Crippen molar-refractivity contribution in [2.45, 2.75) is 12.5 Å². The van der Waals surface area contributed by atoms with Gasteiger partial charge in [-0.15, -0.1) is 0 Å². The molecule has 0 saturated heterocycles. The van der Waals surface area contributed by atoms with Gasteiger partial charge in [-0.2, -0.15) is 0 Å². The predicted octanol–water partition coefficient (Wildman–Crippen LogP) is 0.898. The fraction of sp³-hybridized carbons (Fsp3) is 0.385. The van der Waals surface area contributed by atoms with E-state index in [0.29, 0.717) is 17.7 Å². The second-order valence-electron chi connectivity index (χ2n) is 4.50. The number of methoxy groups -OCH3 is 1. The standard InChI is InChI=1S/C13H16N2O3/c1-15(2)10-7-8-5-4-6-9(13(17)18-3)11(8)14-12(10)16/h4-6,10H,7H2,1-3H3,(H,14,16). The Balaban J connectivity index is 2.42. The van der Waals surface area contributed by atoms with Crippen LogP contribution >= 0.6 is 0 Å². The maximum atomic E-state index is 12.0. The minimum absolute atomic E-state index is 0.0937. The lowest BCUT2D eigenvalue weighted by Crippen LogP contribution is -2.44. The largest absolute Gasteiger partial charge is 0.465 e. The van der Waals surface area contributed by atoms with Crippen molar-refractivity contribution in [2.75, 3.05) is 26.5 Å². The minimum atomic E-state index is -0.435. The molecule has 1 heterocycles. The van der Waals surface area contributed by atoms with Crippen molar-refractivity contribution < 1.29 is 14.3 Å². The van der Waals surface area contributed by atoms with Gasteiger partial charge in [0.05, 0.1) is 24.4 Å². The number of benzene rings is 1. The quantitative estimate of drug-likeness (QED) is 0.790. The van der Waals surface area contributed by atoms with Crippen molar-refractivity contribution in [1.82, 2.24) is 4.90 Å². The summed E-state index contributed by atoms with van der Waals surface area (Å²) in [5.74, 6) is -0.528. The van der Waals surface area contributed by atoms with Gasteiger partial charge in [0.25, 0.3) is 0 Å². The van der Waals surface area contributed by atoms with Crippen molar-refractivity contribution >= 4 is 17.6 Å². The van der Waals surface area contributed by atoms with Crippen LogP contribution in [0.1, 0.15) is 15.9 Å². The maximum Gasteiger partial charge on any atom is 0.339 e. The summed E-state index contributed by atoms with van der Waals surface area (Å²) in [5.41, 5.74) is 1.93. The molecule has 1 aliphatic rings. The van der Waals surface area contributed by atoms with Gasteiger partial charge in [0.15, 0.2) is 0 Å². The average Bonchev–Trinajstić information content (AvgIpc) is 2.36. The Kier molecular flexibility index (Phi) is 3.34. The molecule has 18 heavy (non-hydrogen) atoms. The number of hydrogen-bond donors (Lipinski definition) is 1. The molecule has 1 atom stereocenters. The summed E-state index contributed by atoms with van der Waals surface area (Å²) >= 11 is 0. The molecule has 1 aromatic rings. The van der Waals surface area contributed by atoms with Crippen molar-refractivity contribution in [1.29, 1.82) is 0 Å². The first-order valence-corrected chi connectivity index (χ1v) is 5.72. The van der Waals surface area contributed by atoms with E-state index in [1.54, 1.807) is 12.1 Å². The molecule has 0 aromatic heterocycles. The summed E-state index contributed by atoms with van der Waals surface area (Å²) < 4.78 is 4.71. The first kappa shape index (κ1) is 12.6. The summed E-state index contributed by atoms with van der Waals surface area (Å²) in [7, 11) is 5.05. The third-order valence-corrected chi connectivity index (χ3v) is 3.14. The number of para-hydroxylation sites is 1. The molecule has 1 aromatic carbocycles. The van der Waals surface area contributed by atoms with Crippen molar-refractivity contribution in [3.8, 4) is 0 Å². The first-order valence-electron chi connectivity index (χ1n) is 5.72. The number of amides is 1. The highest BCUT2D eigenvalue weighted by Gasteiger charge is 2.30. The number of anilines is 1. The van der Waals surface area contributed by atoms with Gasteiger partial charge in [0, 0.05) is 0 Å². The Morgan fingerprint density at radius 1 is 1.44 bits per heavy atom. The maximum absolute atomic E-state index is 12.0. The Labute approximate surface area is 106 Å². The van der Waals surface area contributed by atoms with Gasteiger partial charge in [-0.1, -0.05) is 12.1 Å².